The Bertz CT molecular complexity index is 266. The summed E-state index contributed by atoms with van der Waals surface area (Å²) in [5.41, 5.74) is 4.69. The Kier molecular flexibility index (Phi) is 2.14. The minimum Gasteiger partial charge on any atom is -0.481 e. The Morgan fingerprint density at radius 1 is 1.92 bits per heavy atom. The van der Waals surface area contributed by atoms with Gasteiger partial charge in [0, 0.05) is 0 Å². The largest absolute Gasteiger partial charge is 0.481 e. The molecule has 1 aromatic heterocycles. The molecule has 0 fully saturated rings. The van der Waals surface area contributed by atoms with E-state index in [1.807, 2.05) is 0 Å². The molecule has 12 heavy (non-hydrogen) atoms. The second-order valence-electron chi connectivity index (χ2n) is 2.85. The minimum absolute atomic E-state index is 0.178. The van der Waals surface area contributed by atoms with E-state index in [2.05, 4.69) is 4.98 Å². The first kappa shape index (κ1) is 8.73. The van der Waals surface area contributed by atoms with Crippen LogP contribution in [-0.2, 0) is 10.3 Å². The Balaban J connectivity index is 2.79. The summed E-state index contributed by atoms with van der Waals surface area (Å²) in [4.78, 5) is 14.0. The van der Waals surface area contributed by atoms with Crippen molar-refractivity contribution in [2.45, 2.75) is 18.9 Å². The van der Waals surface area contributed by atoms with Crippen LogP contribution in [0, 0.1) is 0 Å². The Labute approximate surface area is 69.2 Å². The van der Waals surface area contributed by atoms with Gasteiger partial charge >= 0.3 is 5.97 Å². The molecule has 0 bridgehead atoms. The lowest BCUT2D eigenvalue weighted by Crippen LogP contribution is -2.35. The highest BCUT2D eigenvalue weighted by atomic mass is 16.4. The third-order valence-electron chi connectivity index (χ3n) is 1.51. The molecule has 0 aliphatic carbocycles. The molecular formula is C7H10N2O3. The average Bonchev–Trinajstić information content (AvgIpc) is 2.32. The summed E-state index contributed by atoms with van der Waals surface area (Å²) in [5.74, 6) is -0.582. The molecule has 0 saturated heterocycles. The number of carbonyl (C=O) groups is 1. The highest BCUT2D eigenvalue weighted by Gasteiger charge is 2.27. The van der Waals surface area contributed by atoms with E-state index >= 15 is 0 Å². The normalized spacial score (nSPS) is 15.5. The van der Waals surface area contributed by atoms with Gasteiger partial charge in [-0.15, -0.1) is 0 Å². The molecule has 1 aromatic rings. The van der Waals surface area contributed by atoms with Gasteiger partial charge in [0.05, 0.1) is 18.2 Å². The topological polar surface area (TPSA) is 89.4 Å². The molecule has 0 radical (unpaired) electrons. The van der Waals surface area contributed by atoms with Crippen LogP contribution in [0.2, 0.25) is 0 Å². The fraction of sp³-hybridized carbons (Fsp3) is 0.429. The Morgan fingerprint density at radius 3 is 3.00 bits per heavy atom. The third-order valence-corrected chi connectivity index (χ3v) is 1.51. The van der Waals surface area contributed by atoms with Crippen LogP contribution in [0.1, 0.15) is 19.1 Å². The standard InChI is InChI=1S/C7H10N2O3/c1-7(8,2-6(10)11)5-3-9-4-12-5/h3-4H,2,8H2,1H3,(H,10,11). The minimum atomic E-state index is -0.984. The maximum Gasteiger partial charge on any atom is 0.305 e. The first-order valence-corrected chi connectivity index (χ1v) is 3.42. The third kappa shape index (κ3) is 1.82. The maximum absolute atomic E-state index is 10.4. The number of carboxylic acids is 1. The van der Waals surface area contributed by atoms with Crippen molar-refractivity contribution < 1.29 is 14.3 Å². The molecule has 0 spiro atoms. The van der Waals surface area contributed by atoms with Crippen LogP contribution in [0.25, 0.3) is 0 Å². The van der Waals surface area contributed by atoms with Gasteiger partial charge in [0.15, 0.2) is 6.39 Å². The Hall–Kier alpha value is -1.36. The van der Waals surface area contributed by atoms with Crippen molar-refractivity contribution in [2.24, 2.45) is 5.73 Å². The van der Waals surface area contributed by atoms with Gasteiger partial charge < -0.3 is 15.3 Å². The molecule has 0 aliphatic rings. The molecule has 3 N–H and O–H groups in total. The van der Waals surface area contributed by atoms with Gasteiger partial charge in [0.1, 0.15) is 5.76 Å². The molecule has 0 aromatic carbocycles. The maximum atomic E-state index is 10.4. The number of hydrogen-bond donors (Lipinski definition) is 2. The van der Waals surface area contributed by atoms with E-state index in [0.29, 0.717) is 5.76 Å². The van der Waals surface area contributed by atoms with Gasteiger partial charge in [0.2, 0.25) is 0 Å². The van der Waals surface area contributed by atoms with E-state index in [4.69, 9.17) is 15.3 Å². The molecule has 5 heteroatoms. The van der Waals surface area contributed by atoms with Crippen molar-refractivity contribution in [2.75, 3.05) is 0 Å². The van der Waals surface area contributed by atoms with Crippen molar-refractivity contribution in [1.29, 1.82) is 0 Å². The smallest absolute Gasteiger partial charge is 0.305 e. The van der Waals surface area contributed by atoms with E-state index < -0.39 is 11.5 Å². The van der Waals surface area contributed by atoms with Crippen molar-refractivity contribution in [3.63, 3.8) is 0 Å². The van der Waals surface area contributed by atoms with Gasteiger partial charge in [-0.2, -0.15) is 0 Å². The summed E-state index contributed by atoms with van der Waals surface area (Å²) < 4.78 is 4.90. The number of aliphatic carboxylic acids is 1. The summed E-state index contributed by atoms with van der Waals surface area (Å²) in [6.07, 6.45) is 2.47. The zero-order valence-corrected chi connectivity index (χ0v) is 6.65. The second kappa shape index (κ2) is 2.94. The number of nitrogens with zero attached hydrogens (tertiary/aromatic N) is 1. The molecular weight excluding hydrogens is 160 g/mol. The monoisotopic (exact) mass is 170 g/mol. The zero-order valence-electron chi connectivity index (χ0n) is 6.65. The SMILES string of the molecule is CC(N)(CC(=O)O)c1cnco1. The predicted molar refractivity (Wildman–Crippen MR) is 40.3 cm³/mol. The van der Waals surface area contributed by atoms with Crippen molar-refractivity contribution >= 4 is 5.97 Å². The van der Waals surface area contributed by atoms with Crippen molar-refractivity contribution in [3.05, 3.63) is 18.4 Å². The van der Waals surface area contributed by atoms with Crippen LogP contribution in [0.5, 0.6) is 0 Å². The van der Waals surface area contributed by atoms with E-state index in [-0.39, 0.29) is 6.42 Å². The lowest BCUT2D eigenvalue weighted by atomic mass is 9.97. The van der Waals surface area contributed by atoms with Crippen molar-refractivity contribution in [1.82, 2.24) is 4.98 Å². The molecule has 0 aliphatic heterocycles. The van der Waals surface area contributed by atoms with Crippen LogP contribution < -0.4 is 5.73 Å². The molecule has 66 valence electrons. The lowest BCUT2D eigenvalue weighted by Gasteiger charge is -2.18. The van der Waals surface area contributed by atoms with Gasteiger partial charge in [-0.05, 0) is 6.92 Å². The molecule has 1 rings (SSSR count). The number of rotatable bonds is 3. The molecule has 1 unspecified atom stereocenters. The summed E-state index contributed by atoms with van der Waals surface area (Å²) >= 11 is 0. The summed E-state index contributed by atoms with van der Waals surface area (Å²) in [6.45, 7) is 1.58. The molecule has 0 saturated carbocycles. The zero-order chi connectivity index (χ0) is 9.19. The summed E-state index contributed by atoms with van der Waals surface area (Å²) in [6, 6.07) is 0. The predicted octanol–water partition coefficient (Wildman–Crippen LogP) is 0.323. The molecule has 5 nitrogen and oxygen atoms in total. The number of hydrogen-bond acceptors (Lipinski definition) is 4. The number of carboxylic acid groups (broad SMARTS) is 1. The molecule has 0 amide bonds. The lowest BCUT2D eigenvalue weighted by molar-refractivity contribution is -0.138. The first-order chi connectivity index (χ1) is 5.52. The van der Waals surface area contributed by atoms with E-state index in [0.717, 1.165) is 0 Å². The first-order valence-electron chi connectivity index (χ1n) is 3.42. The Morgan fingerprint density at radius 2 is 2.58 bits per heavy atom. The van der Waals surface area contributed by atoms with Gasteiger partial charge in [0.25, 0.3) is 0 Å². The van der Waals surface area contributed by atoms with Crippen molar-refractivity contribution in [3.8, 4) is 0 Å². The van der Waals surface area contributed by atoms with E-state index in [1.54, 1.807) is 6.92 Å². The van der Waals surface area contributed by atoms with Crippen LogP contribution in [-0.4, -0.2) is 16.1 Å². The second-order valence-corrected chi connectivity index (χ2v) is 2.85. The van der Waals surface area contributed by atoms with Crippen LogP contribution >= 0.6 is 0 Å². The van der Waals surface area contributed by atoms with E-state index in [1.165, 1.54) is 12.6 Å². The average molecular weight is 170 g/mol. The summed E-state index contributed by atoms with van der Waals surface area (Å²) in [7, 11) is 0. The van der Waals surface area contributed by atoms with Gasteiger partial charge in [-0.1, -0.05) is 0 Å². The highest BCUT2D eigenvalue weighted by molar-refractivity contribution is 5.68. The highest BCUT2D eigenvalue weighted by Crippen LogP contribution is 2.20. The van der Waals surface area contributed by atoms with E-state index in [9.17, 15) is 4.79 Å². The van der Waals surface area contributed by atoms with Crippen LogP contribution in [0.4, 0.5) is 0 Å². The van der Waals surface area contributed by atoms with Gasteiger partial charge in [-0.25, -0.2) is 4.98 Å². The van der Waals surface area contributed by atoms with Gasteiger partial charge in [-0.3, -0.25) is 4.79 Å². The van der Waals surface area contributed by atoms with Crippen LogP contribution in [0.15, 0.2) is 17.0 Å². The van der Waals surface area contributed by atoms with Crippen LogP contribution in [0.3, 0.4) is 0 Å². The number of aromatic nitrogens is 1. The summed E-state index contributed by atoms with van der Waals surface area (Å²) in [5, 5.41) is 8.51. The molecule has 1 heterocycles. The number of oxazole rings is 1. The quantitative estimate of drug-likeness (QED) is 0.682. The fourth-order valence-electron chi connectivity index (χ4n) is 0.899. The number of nitrogens with two attached hydrogens (primary N) is 1. The molecule has 1 atom stereocenters. The fourth-order valence-corrected chi connectivity index (χ4v) is 0.899.